The number of carbonyl (C=O) groups excluding carboxylic acids is 2. The number of imide groups is 1. The molecule has 0 fully saturated rings. The Bertz CT molecular complexity index is 494. The normalized spacial score (nSPS) is 9.74. The lowest BCUT2D eigenvalue weighted by molar-refractivity contribution is -0.117. The van der Waals surface area contributed by atoms with Gasteiger partial charge in [-0.1, -0.05) is 17.7 Å². The lowest BCUT2D eigenvalue weighted by atomic mass is 10.3. The quantitative estimate of drug-likeness (QED) is 0.441. The number of anilines is 1. The third kappa shape index (κ3) is 5.67. The number of nitrogens with one attached hydrogen (secondary N) is 2. The highest BCUT2D eigenvalue weighted by Crippen LogP contribution is 2.28. The Morgan fingerprint density at radius 3 is 2.89 bits per heavy atom. The molecule has 19 heavy (non-hydrogen) atoms. The maximum Gasteiger partial charge on any atom is 0.321 e. The van der Waals surface area contributed by atoms with E-state index in [1.165, 1.54) is 17.8 Å². The Kier molecular flexibility index (Phi) is 6.24. The number of carbonyl (C=O) groups is 2. The molecule has 4 N–H and O–H groups in total. The summed E-state index contributed by atoms with van der Waals surface area (Å²) in [6, 6.07) is 4.46. The molecule has 0 spiro atoms. The second kappa shape index (κ2) is 7.70. The van der Waals surface area contributed by atoms with Crippen molar-refractivity contribution < 1.29 is 9.59 Å². The SMILES string of the molecule is C=CCNC(=O)NC(=O)CSc1cc(N)ccc1Cl. The van der Waals surface area contributed by atoms with Crippen molar-refractivity contribution in [3.05, 3.63) is 35.9 Å². The molecule has 1 aromatic carbocycles. The van der Waals surface area contributed by atoms with Crippen LogP contribution in [0.5, 0.6) is 0 Å². The number of hydrogen-bond donors (Lipinski definition) is 3. The third-order valence-electron chi connectivity index (χ3n) is 1.97. The molecule has 0 aromatic heterocycles. The van der Waals surface area contributed by atoms with Gasteiger partial charge in [0, 0.05) is 17.1 Å². The highest BCUT2D eigenvalue weighted by Gasteiger charge is 2.09. The number of thioether (sulfide) groups is 1. The summed E-state index contributed by atoms with van der Waals surface area (Å²) in [5, 5.41) is 5.14. The first-order valence-electron chi connectivity index (χ1n) is 5.39. The molecular formula is C12H14ClN3O2S. The zero-order valence-electron chi connectivity index (χ0n) is 10.1. The molecule has 102 valence electrons. The maximum absolute atomic E-state index is 11.5. The van der Waals surface area contributed by atoms with Crippen molar-refractivity contribution in [2.75, 3.05) is 18.0 Å². The molecule has 0 aliphatic heterocycles. The third-order valence-corrected chi connectivity index (χ3v) is 3.47. The van der Waals surface area contributed by atoms with Crippen LogP contribution in [0.15, 0.2) is 35.7 Å². The van der Waals surface area contributed by atoms with Gasteiger partial charge in [-0.3, -0.25) is 10.1 Å². The fourth-order valence-electron chi connectivity index (χ4n) is 1.15. The van der Waals surface area contributed by atoms with Gasteiger partial charge in [0.25, 0.3) is 0 Å². The number of benzene rings is 1. The number of urea groups is 1. The molecule has 0 heterocycles. The average molecular weight is 300 g/mol. The molecule has 0 saturated carbocycles. The van der Waals surface area contributed by atoms with E-state index in [0.717, 1.165) is 0 Å². The van der Waals surface area contributed by atoms with Crippen molar-refractivity contribution in [3.8, 4) is 0 Å². The Morgan fingerprint density at radius 2 is 2.21 bits per heavy atom. The predicted octanol–water partition coefficient (Wildman–Crippen LogP) is 2.03. The first-order valence-corrected chi connectivity index (χ1v) is 6.75. The molecule has 0 aliphatic rings. The van der Waals surface area contributed by atoms with Crippen LogP contribution in [0.25, 0.3) is 0 Å². The van der Waals surface area contributed by atoms with Crippen molar-refractivity contribution in [3.63, 3.8) is 0 Å². The number of nitrogen functional groups attached to an aromatic ring is 1. The molecule has 5 nitrogen and oxygen atoms in total. The minimum atomic E-state index is -0.552. The Hall–Kier alpha value is -1.66. The molecular weight excluding hydrogens is 286 g/mol. The Labute approximate surface area is 120 Å². The van der Waals surface area contributed by atoms with E-state index in [0.29, 0.717) is 22.2 Å². The van der Waals surface area contributed by atoms with Gasteiger partial charge in [0.05, 0.1) is 10.8 Å². The summed E-state index contributed by atoms with van der Waals surface area (Å²) in [6.45, 7) is 3.75. The van der Waals surface area contributed by atoms with E-state index in [4.69, 9.17) is 17.3 Å². The fourth-order valence-corrected chi connectivity index (χ4v) is 2.21. The Morgan fingerprint density at radius 1 is 1.47 bits per heavy atom. The van der Waals surface area contributed by atoms with Gasteiger partial charge in [-0.05, 0) is 18.2 Å². The molecule has 0 aliphatic carbocycles. The topological polar surface area (TPSA) is 84.2 Å². The first-order chi connectivity index (χ1) is 9.02. The molecule has 1 aromatic rings. The van der Waals surface area contributed by atoms with E-state index in [1.54, 1.807) is 18.2 Å². The minimum Gasteiger partial charge on any atom is -0.399 e. The van der Waals surface area contributed by atoms with Crippen molar-refractivity contribution in [1.82, 2.24) is 10.6 Å². The summed E-state index contributed by atoms with van der Waals surface area (Å²) < 4.78 is 0. The molecule has 0 radical (unpaired) electrons. The lowest BCUT2D eigenvalue weighted by Gasteiger charge is -2.06. The molecule has 0 bridgehead atoms. The van der Waals surface area contributed by atoms with Crippen molar-refractivity contribution in [1.29, 1.82) is 0 Å². The summed E-state index contributed by atoms with van der Waals surface area (Å²) in [4.78, 5) is 23.4. The van der Waals surface area contributed by atoms with Gasteiger partial charge in [0.2, 0.25) is 5.91 Å². The van der Waals surface area contributed by atoms with Crippen LogP contribution in [0.2, 0.25) is 5.02 Å². The predicted molar refractivity (Wildman–Crippen MR) is 78.3 cm³/mol. The summed E-state index contributed by atoms with van der Waals surface area (Å²) in [6.07, 6.45) is 1.52. The average Bonchev–Trinajstić information content (AvgIpc) is 2.37. The van der Waals surface area contributed by atoms with Gasteiger partial charge < -0.3 is 11.1 Å². The number of amides is 3. The number of rotatable bonds is 5. The smallest absolute Gasteiger partial charge is 0.321 e. The first kappa shape index (κ1) is 15.4. The fraction of sp³-hybridized carbons (Fsp3) is 0.167. The van der Waals surface area contributed by atoms with Gasteiger partial charge in [-0.2, -0.15) is 0 Å². The van der Waals surface area contributed by atoms with E-state index >= 15 is 0 Å². The van der Waals surface area contributed by atoms with Crippen LogP contribution in [0.3, 0.4) is 0 Å². The van der Waals surface area contributed by atoms with Crippen LogP contribution < -0.4 is 16.4 Å². The largest absolute Gasteiger partial charge is 0.399 e. The highest BCUT2D eigenvalue weighted by molar-refractivity contribution is 8.00. The van der Waals surface area contributed by atoms with E-state index in [-0.39, 0.29) is 5.75 Å². The van der Waals surface area contributed by atoms with Crippen LogP contribution in [-0.4, -0.2) is 24.2 Å². The van der Waals surface area contributed by atoms with Crippen LogP contribution >= 0.6 is 23.4 Å². The zero-order valence-corrected chi connectivity index (χ0v) is 11.7. The standard InChI is InChI=1S/C12H14ClN3O2S/c1-2-5-15-12(18)16-11(17)7-19-10-6-8(14)3-4-9(10)13/h2-4,6H,1,5,7,14H2,(H2,15,16,17,18). The van der Waals surface area contributed by atoms with E-state index in [9.17, 15) is 9.59 Å². The Balaban J connectivity index is 2.43. The van der Waals surface area contributed by atoms with E-state index < -0.39 is 11.9 Å². The second-order valence-corrected chi connectivity index (χ2v) is 4.95. The summed E-state index contributed by atoms with van der Waals surface area (Å²) >= 11 is 7.17. The van der Waals surface area contributed by atoms with Gasteiger partial charge in [0.1, 0.15) is 0 Å². The molecule has 1 rings (SSSR count). The minimum absolute atomic E-state index is 0.0741. The van der Waals surface area contributed by atoms with Gasteiger partial charge in [0.15, 0.2) is 0 Å². The van der Waals surface area contributed by atoms with Gasteiger partial charge in [-0.25, -0.2) is 4.79 Å². The number of halogens is 1. The number of nitrogens with two attached hydrogens (primary N) is 1. The van der Waals surface area contributed by atoms with Crippen LogP contribution in [0.4, 0.5) is 10.5 Å². The molecule has 7 heteroatoms. The monoisotopic (exact) mass is 299 g/mol. The molecule has 0 atom stereocenters. The molecule has 0 saturated heterocycles. The molecule has 0 unspecified atom stereocenters. The summed E-state index contributed by atoms with van der Waals surface area (Å²) in [5.74, 6) is -0.338. The summed E-state index contributed by atoms with van der Waals surface area (Å²) in [7, 11) is 0. The van der Waals surface area contributed by atoms with Crippen LogP contribution in [0, 0.1) is 0 Å². The lowest BCUT2D eigenvalue weighted by Crippen LogP contribution is -2.40. The van der Waals surface area contributed by atoms with Crippen LogP contribution in [0.1, 0.15) is 0 Å². The van der Waals surface area contributed by atoms with Crippen molar-refractivity contribution in [2.24, 2.45) is 0 Å². The van der Waals surface area contributed by atoms with E-state index in [1.807, 2.05) is 0 Å². The van der Waals surface area contributed by atoms with Gasteiger partial charge in [-0.15, -0.1) is 18.3 Å². The maximum atomic E-state index is 11.5. The number of hydrogen-bond acceptors (Lipinski definition) is 4. The van der Waals surface area contributed by atoms with E-state index in [2.05, 4.69) is 17.2 Å². The van der Waals surface area contributed by atoms with Gasteiger partial charge >= 0.3 is 6.03 Å². The van der Waals surface area contributed by atoms with Crippen molar-refractivity contribution in [2.45, 2.75) is 4.90 Å². The highest BCUT2D eigenvalue weighted by atomic mass is 35.5. The van der Waals surface area contributed by atoms with Crippen molar-refractivity contribution >= 4 is 41.0 Å². The molecule has 3 amide bonds. The summed E-state index contributed by atoms with van der Waals surface area (Å²) in [5.41, 5.74) is 6.19. The second-order valence-electron chi connectivity index (χ2n) is 3.53. The zero-order chi connectivity index (χ0) is 14.3. The van der Waals surface area contributed by atoms with Crippen LogP contribution in [-0.2, 0) is 4.79 Å².